The number of carboxylic acid groups (broad SMARTS) is 1. The molecule has 226 valence electrons. The maximum Gasteiger partial charge on any atom is 0.321 e. The Morgan fingerprint density at radius 2 is 1.33 bits per heavy atom. The molecular weight excluding hydrogens is 608 g/mol. The van der Waals surface area contributed by atoms with Gasteiger partial charge in [-0.25, -0.2) is 0 Å². The van der Waals surface area contributed by atoms with Gasteiger partial charge in [0.1, 0.15) is 5.78 Å². The standard InChI is InChI=1S/C10H16O4S.C7H8O3S.C2H4O5S.CH4O3S/c1-9(2)7-3-4-10(9,8(11)5-7)6-15(12,13)14;1-6-2-4-7(5-3-6)11(8,9)10;3-2(4)1-8(5,6)7;1-5(2,3)4/h7H,3-6H2,1-2H3,(H,12,13,14);2-5H,1H3,(H,8,9,10);1H2,(H,3,4)(H,5,6,7);1H3,(H,2,3,4). The molecule has 5 N–H and O–H groups in total. The average Bonchev–Trinajstić information content (AvgIpc) is 2.98. The van der Waals surface area contributed by atoms with Gasteiger partial charge in [-0.3, -0.25) is 27.8 Å². The van der Waals surface area contributed by atoms with Gasteiger partial charge in [0.2, 0.25) is 0 Å². The minimum absolute atomic E-state index is 0.0152. The van der Waals surface area contributed by atoms with E-state index in [1.54, 1.807) is 12.1 Å². The SMILES string of the molecule is CC1(C)C2CCC1(CS(=O)(=O)O)C(=O)C2.CS(=O)(=O)O.Cc1ccc(S(=O)(=O)O)cc1.O=C(O)CS(=O)(=O)O. The fraction of sp³-hybridized carbons (Fsp3) is 0.600. The van der Waals surface area contributed by atoms with Crippen LogP contribution < -0.4 is 0 Å². The predicted octanol–water partition coefficient (Wildman–Crippen LogP) is 0.974. The van der Waals surface area contributed by atoms with Gasteiger partial charge in [0.25, 0.3) is 40.5 Å². The monoisotopic (exact) mass is 640 g/mol. The number of fused-ring (bicyclic) bond motifs is 2. The summed E-state index contributed by atoms with van der Waals surface area (Å²) >= 11 is 0. The zero-order chi connectivity index (χ0) is 31.3. The van der Waals surface area contributed by atoms with Crippen molar-refractivity contribution in [3.8, 4) is 0 Å². The zero-order valence-corrected chi connectivity index (χ0v) is 24.6. The van der Waals surface area contributed by atoms with Crippen molar-refractivity contribution in [1.82, 2.24) is 0 Å². The third-order valence-electron chi connectivity index (χ3n) is 6.19. The average molecular weight is 641 g/mol. The van der Waals surface area contributed by atoms with Gasteiger partial charge in [-0.1, -0.05) is 31.5 Å². The van der Waals surface area contributed by atoms with E-state index in [1.165, 1.54) is 12.1 Å². The van der Waals surface area contributed by atoms with Crippen molar-refractivity contribution in [1.29, 1.82) is 0 Å². The van der Waals surface area contributed by atoms with E-state index in [4.69, 9.17) is 23.3 Å². The molecule has 2 aliphatic rings. The maximum atomic E-state index is 11.9. The van der Waals surface area contributed by atoms with Gasteiger partial charge in [0.15, 0.2) is 5.75 Å². The second-order valence-corrected chi connectivity index (χ2v) is 15.3. The molecule has 2 aliphatic carbocycles. The lowest BCUT2D eigenvalue weighted by Gasteiger charge is -2.35. The molecule has 0 aromatic heterocycles. The molecule has 0 spiro atoms. The van der Waals surface area contributed by atoms with Gasteiger partial charge in [-0.05, 0) is 43.2 Å². The maximum absolute atomic E-state index is 11.9. The Balaban J connectivity index is 0.000000533. The van der Waals surface area contributed by atoms with Crippen LogP contribution in [0, 0.1) is 23.7 Å². The number of benzene rings is 1. The molecule has 0 radical (unpaired) electrons. The Bertz CT molecular complexity index is 1450. The van der Waals surface area contributed by atoms with Crippen LogP contribution in [0.25, 0.3) is 0 Å². The Kier molecular flexibility index (Phi) is 12.4. The highest BCUT2D eigenvalue weighted by Crippen LogP contribution is 2.64. The van der Waals surface area contributed by atoms with Crippen LogP contribution in [0.15, 0.2) is 29.2 Å². The van der Waals surface area contributed by atoms with E-state index in [0.717, 1.165) is 12.0 Å². The molecule has 0 heterocycles. The van der Waals surface area contributed by atoms with Gasteiger partial charge in [0.05, 0.1) is 22.3 Å². The molecule has 2 fully saturated rings. The van der Waals surface area contributed by atoms with Crippen LogP contribution in [0.1, 0.15) is 38.7 Å². The summed E-state index contributed by atoms with van der Waals surface area (Å²) in [5.41, 5.74) is -0.164. The lowest BCUT2D eigenvalue weighted by atomic mass is 9.70. The van der Waals surface area contributed by atoms with Crippen LogP contribution in [0.2, 0.25) is 0 Å². The molecule has 0 saturated heterocycles. The first-order valence-corrected chi connectivity index (χ1v) is 17.2. The van der Waals surface area contributed by atoms with Gasteiger partial charge in [0, 0.05) is 6.42 Å². The lowest BCUT2D eigenvalue weighted by Crippen LogP contribution is -2.42. The molecule has 2 saturated carbocycles. The molecule has 3 rings (SSSR count). The van der Waals surface area contributed by atoms with Crippen molar-refractivity contribution in [3.63, 3.8) is 0 Å². The molecule has 39 heavy (non-hydrogen) atoms. The van der Waals surface area contributed by atoms with E-state index < -0.39 is 63.4 Å². The second kappa shape index (κ2) is 13.1. The van der Waals surface area contributed by atoms with Crippen molar-refractivity contribution < 1.29 is 66.6 Å². The summed E-state index contributed by atoms with van der Waals surface area (Å²) in [7, 11) is -16.1. The van der Waals surface area contributed by atoms with E-state index >= 15 is 0 Å². The molecular formula is C20H32O15S4. The van der Waals surface area contributed by atoms with Crippen molar-refractivity contribution >= 4 is 52.2 Å². The molecule has 2 bridgehead atoms. The van der Waals surface area contributed by atoms with Crippen LogP contribution in [0.3, 0.4) is 0 Å². The third kappa shape index (κ3) is 13.3. The number of Topliss-reactive ketones (excluding diaryl/α,β-unsaturated/α-hetero) is 1. The summed E-state index contributed by atoms with van der Waals surface area (Å²) in [6, 6.07) is 5.99. The summed E-state index contributed by atoms with van der Waals surface area (Å²) in [4.78, 5) is 21.3. The molecule has 2 atom stereocenters. The number of carbonyl (C=O) groups excluding carboxylic acids is 1. The molecule has 19 heteroatoms. The summed E-state index contributed by atoms with van der Waals surface area (Å²) < 4.78 is 113. The number of carbonyl (C=O) groups is 2. The number of ketones is 1. The summed E-state index contributed by atoms with van der Waals surface area (Å²) in [5.74, 6) is -2.89. The van der Waals surface area contributed by atoms with Crippen molar-refractivity contribution in [3.05, 3.63) is 29.8 Å². The second-order valence-electron chi connectivity index (χ2n) is 9.53. The molecule has 0 aliphatic heterocycles. The number of rotatable bonds is 5. The fourth-order valence-corrected chi connectivity index (χ4v) is 6.38. The Morgan fingerprint density at radius 1 is 0.897 bits per heavy atom. The normalized spacial score (nSPS) is 21.8. The quantitative estimate of drug-likeness (QED) is 0.280. The van der Waals surface area contributed by atoms with Crippen LogP contribution in [-0.2, 0) is 50.1 Å². The van der Waals surface area contributed by atoms with Gasteiger partial charge >= 0.3 is 5.97 Å². The Morgan fingerprint density at radius 3 is 1.56 bits per heavy atom. The number of hydrogen-bond donors (Lipinski definition) is 5. The number of aliphatic carboxylic acids is 1. The predicted molar refractivity (Wildman–Crippen MR) is 137 cm³/mol. The highest BCUT2D eigenvalue weighted by atomic mass is 32.2. The van der Waals surface area contributed by atoms with Gasteiger partial charge in [-0.2, -0.15) is 33.7 Å². The first-order valence-electron chi connectivity index (χ1n) is 10.7. The largest absolute Gasteiger partial charge is 0.480 e. The molecule has 0 amide bonds. The first kappa shape index (κ1) is 37.0. The molecule has 1 aromatic carbocycles. The topological polar surface area (TPSA) is 272 Å². The first-order chi connectivity index (χ1) is 17.1. The number of aryl methyl sites for hydroxylation is 1. The van der Waals surface area contributed by atoms with Crippen molar-refractivity contribution in [2.45, 2.75) is 44.9 Å². The molecule has 15 nitrogen and oxygen atoms in total. The summed E-state index contributed by atoms with van der Waals surface area (Å²) in [6.45, 7) is 5.73. The summed E-state index contributed by atoms with van der Waals surface area (Å²) in [5, 5.41) is 7.71. The fourth-order valence-electron chi connectivity index (χ4n) is 4.29. The Labute approximate surface area is 227 Å². The lowest BCUT2D eigenvalue weighted by molar-refractivity contribution is -0.134. The van der Waals surface area contributed by atoms with Crippen molar-refractivity contribution in [2.24, 2.45) is 16.7 Å². The number of hydrogen-bond acceptors (Lipinski definition) is 10. The van der Waals surface area contributed by atoms with E-state index in [-0.39, 0.29) is 22.0 Å². The zero-order valence-electron chi connectivity index (χ0n) is 21.4. The van der Waals surface area contributed by atoms with Crippen LogP contribution in [0.5, 0.6) is 0 Å². The van der Waals surface area contributed by atoms with Crippen LogP contribution in [0.4, 0.5) is 0 Å². The molecule has 1 aromatic rings. The smallest absolute Gasteiger partial charge is 0.321 e. The Hall–Kier alpha value is -2.00. The van der Waals surface area contributed by atoms with E-state index in [1.807, 2.05) is 20.8 Å². The van der Waals surface area contributed by atoms with E-state index in [0.29, 0.717) is 19.1 Å². The third-order valence-corrected chi connectivity index (χ3v) is 8.53. The number of carboxylic acids is 1. The van der Waals surface area contributed by atoms with Gasteiger partial charge < -0.3 is 5.11 Å². The van der Waals surface area contributed by atoms with Gasteiger partial charge in [-0.15, -0.1) is 0 Å². The van der Waals surface area contributed by atoms with Crippen LogP contribution in [-0.4, -0.2) is 86.5 Å². The minimum atomic E-state index is -4.32. The van der Waals surface area contributed by atoms with E-state index in [2.05, 4.69) is 0 Å². The minimum Gasteiger partial charge on any atom is -0.480 e. The van der Waals surface area contributed by atoms with Crippen LogP contribution >= 0.6 is 0 Å². The molecule has 2 unspecified atom stereocenters. The van der Waals surface area contributed by atoms with E-state index in [9.17, 15) is 43.3 Å². The van der Waals surface area contributed by atoms with Crippen molar-refractivity contribution in [2.75, 3.05) is 17.8 Å². The summed E-state index contributed by atoms with van der Waals surface area (Å²) in [6.07, 6.45) is 2.69. The highest BCUT2D eigenvalue weighted by molar-refractivity contribution is 7.86. The highest BCUT2D eigenvalue weighted by Gasteiger charge is 2.65.